The van der Waals surface area contributed by atoms with Crippen LogP contribution >= 0.6 is 0 Å². The second kappa shape index (κ2) is 8.59. The van der Waals surface area contributed by atoms with Crippen molar-refractivity contribution in [1.82, 2.24) is 15.0 Å². The molecule has 0 fully saturated rings. The third-order valence-corrected chi connectivity index (χ3v) is 2.55. The average Bonchev–Trinajstić information content (AvgIpc) is 2.78. The van der Waals surface area contributed by atoms with Crippen LogP contribution in [-0.4, -0.2) is 70.8 Å². The van der Waals surface area contributed by atoms with Crippen molar-refractivity contribution < 1.29 is 24.5 Å². The third-order valence-electron chi connectivity index (χ3n) is 2.55. The zero-order chi connectivity index (χ0) is 15.0. The maximum Gasteiger partial charge on any atom is 0.358 e. The first-order chi connectivity index (χ1) is 9.60. The van der Waals surface area contributed by atoms with E-state index in [1.165, 1.54) is 4.68 Å². The number of aliphatic hydroxyl groups excluding tert-OH is 1. The van der Waals surface area contributed by atoms with E-state index in [-0.39, 0.29) is 25.4 Å². The highest BCUT2D eigenvalue weighted by molar-refractivity contribution is 5.86. The van der Waals surface area contributed by atoms with E-state index in [1.54, 1.807) is 7.11 Å². The number of hydrogen-bond donors (Lipinski definition) is 3. The van der Waals surface area contributed by atoms with Gasteiger partial charge in [0, 0.05) is 13.5 Å². The molecule has 4 N–H and O–H groups in total. The fourth-order valence-electron chi connectivity index (χ4n) is 1.64. The first-order valence-electron chi connectivity index (χ1n) is 6.20. The van der Waals surface area contributed by atoms with Gasteiger partial charge in [-0.2, -0.15) is 0 Å². The number of methoxy groups -OCH3 is 1. The Morgan fingerprint density at radius 1 is 1.50 bits per heavy atom. The summed E-state index contributed by atoms with van der Waals surface area (Å²) >= 11 is 0. The zero-order valence-corrected chi connectivity index (χ0v) is 11.4. The van der Waals surface area contributed by atoms with Crippen LogP contribution in [0, 0.1) is 0 Å². The van der Waals surface area contributed by atoms with E-state index in [1.807, 2.05) is 0 Å². The molecule has 1 aromatic heterocycles. The van der Waals surface area contributed by atoms with Crippen LogP contribution in [0.15, 0.2) is 0 Å². The van der Waals surface area contributed by atoms with Crippen LogP contribution in [0.1, 0.15) is 16.2 Å². The molecular formula is C11H20N4O5. The zero-order valence-electron chi connectivity index (χ0n) is 11.4. The number of aromatic nitrogens is 3. The number of aliphatic hydroxyl groups is 1. The summed E-state index contributed by atoms with van der Waals surface area (Å²) < 4.78 is 11.3. The van der Waals surface area contributed by atoms with E-state index in [9.17, 15) is 9.90 Å². The number of carboxylic acids is 1. The number of ether oxygens (including phenoxy) is 2. The van der Waals surface area contributed by atoms with Crippen molar-refractivity contribution in [2.45, 2.75) is 19.1 Å². The highest BCUT2D eigenvalue weighted by Gasteiger charge is 2.19. The Balaban J connectivity index is 2.59. The molecule has 0 aliphatic heterocycles. The topological polar surface area (TPSA) is 133 Å². The third kappa shape index (κ3) is 4.85. The van der Waals surface area contributed by atoms with E-state index in [0.29, 0.717) is 25.3 Å². The molecule has 9 heteroatoms. The molecule has 0 saturated heterocycles. The molecular weight excluding hydrogens is 268 g/mol. The SMILES string of the molecule is COCCOCC(O)Cn1nnc(C(=O)O)c1CCN. The van der Waals surface area contributed by atoms with Gasteiger partial charge < -0.3 is 25.4 Å². The fraction of sp³-hybridized carbons (Fsp3) is 0.727. The van der Waals surface area contributed by atoms with Crippen LogP contribution in [0.2, 0.25) is 0 Å². The molecule has 0 saturated carbocycles. The van der Waals surface area contributed by atoms with Gasteiger partial charge in [0.25, 0.3) is 0 Å². The number of nitrogens with zero attached hydrogens (tertiary/aromatic N) is 3. The van der Waals surface area contributed by atoms with E-state index >= 15 is 0 Å². The van der Waals surface area contributed by atoms with Crippen molar-refractivity contribution in [2.24, 2.45) is 5.73 Å². The fourth-order valence-corrected chi connectivity index (χ4v) is 1.64. The molecule has 0 aliphatic carbocycles. The van der Waals surface area contributed by atoms with Gasteiger partial charge >= 0.3 is 5.97 Å². The molecule has 0 spiro atoms. The Hall–Kier alpha value is -1.55. The molecule has 114 valence electrons. The maximum atomic E-state index is 11.0. The maximum absolute atomic E-state index is 11.0. The van der Waals surface area contributed by atoms with Crippen molar-refractivity contribution >= 4 is 5.97 Å². The summed E-state index contributed by atoms with van der Waals surface area (Å²) in [7, 11) is 1.56. The summed E-state index contributed by atoms with van der Waals surface area (Å²) in [6.45, 7) is 1.29. The first kappa shape index (κ1) is 16.5. The van der Waals surface area contributed by atoms with E-state index < -0.39 is 12.1 Å². The van der Waals surface area contributed by atoms with E-state index in [2.05, 4.69) is 10.3 Å². The molecule has 0 aliphatic rings. The molecule has 0 bridgehead atoms. The average molecular weight is 288 g/mol. The number of aromatic carboxylic acids is 1. The van der Waals surface area contributed by atoms with Crippen molar-refractivity contribution in [3.8, 4) is 0 Å². The molecule has 1 atom stereocenters. The number of carboxylic acid groups (broad SMARTS) is 1. The van der Waals surface area contributed by atoms with Gasteiger partial charge in [0.1, 0.15) is 0 Å². The van der Waals surface area contributed by atoms with Crippen LogP contribution in [0.25, 0.3) is 0 Å². The van der Waals surface area contributed by atoms with Gasteiger partial charge in [0.15, 0.2) is 5.69 Å². The predicted octanol–water partition coefficient (Wildman–Crippen LogP) is -1.50. The van der Waals surface area contributed by atoms with Gasteiger partial charge in [-0.15, -0.1) is 5.10 Å². The summed E-state index contributed by atoms with van der Waals surface area (Å²) in [5.74, 6) is -1.16. The lowest BCUT2D eigenvalue weighted by Crippen LogP contribution is -2.25. The van der Waals surface area contributed by atoms with Gasteiger partial charge in [-0.3, -0.25) is 0 Å². The highest BCUT2D eigenvalue weighted by atomic mass is 16.5. The number of carbonyl (C=O) groups is 1. The standard InChI is InChI=1S/C11H20N4O5/c1-19-4-5-20-7-8(16)6-15-9(2-3-12)10(11(17)18)13-14-15/h8,16H,2-7,12H2,1H3,(H,17,18). The molecule has 1 heterocycles. The second-order valence-corrected chi connectivity index (χ2v) is 4.13. The normalized spacial score (nSPS) is 12.6. The lowest BCUT2D eigenvalue weighted by Gasteiger charge is -2.12. The Morgan fingerprint density at radius 3 is 2.85 bits per heavy atom. The summed E-state index contributed by atoms with van der Waals surface area (Å²) in [5, 5.41) is 26.1. The Kier molecular flexibility index (Phi) is 7.09. The Morgan fingerprint density at radius 2 is 2.25 bits per heavy atom. The highest BCUT2D eigenvalue weighted by Crippen LogP contribution is 2.07. The number of nitrogens with two attached hydrogens (primary N) is 1. The Bertz CT molecular complexity index is 423. The van der Waals surface area contributed by atoms with Crippen LogP contribution in [0.4, 0.5) is 0 Å². The van der Waals surface area contributed by atoms with Crippen molar-refractivity contribution in [1.29, 1.82) is 0 Å². The first-order valence-corrected chi connectivity index (χ1v) is 6.20. The minimum absolute atomic E-state index is 0.0998. The lowest BCUT2D eigenvalue weighted by molar-refractivity contribution is 0.00548. The summed E-state index contributed by atoms with van der Waals surface area (Å²) in [4.78, 5) is 11.0. The minimum atomic E-state index is -1.16. The van der Waals surface area contributed by atoms with Gasteiger partial charge in [-0.25, -0.2) is 9.48 Å². The van der Waals surface area contributed by atoms with Crippen LogP contribution in [-0.2, 0) is 22.4 Å². The Labute approximate surface area is 116 Å². The van der Waals surface area contributed by atoms with Crippen LogP contribution < -0.4 is 5.73 Å². The summed E-state index contributed by atoms with van der Waals surface area (Å²) in [6.07, 6.45) is -0.488. The summed E-state index contributed by atoms with van der Waals surface area (Å²) in [6, 6.07) is 0. The van der Waals surface area contributed by atoms with Gasteiger partial charge in [0.2, 0.25) is 0 Å². The van der Waals surface area contributed by atoms with Crippen molar-refractivity contribution in [2.75, 3.05) is 33.5 Å². The molecule has 20 heavy (non-hydrogen) atoms. The van der Waals surface area contributed by atoms with Crippen LogP contribution in [0.3, 0.4) is 0 Å². The molecule has 0 radical (unpaired) electrons. The van der Waals surface area contributed by atoms with E-state index in [0.717, 1.165) is 0 Å². The quantitative estimate of drug-likeness (QED) is 0.443. The van der Waals surface area contributed by atoms with Crippen molar-refractivity contribution in [3.05, 3.63) is 11.4 Å². The number of hydrogen-bond acceptors (Lipinski definition) is 7. The van der Waals surface area contributed by atoms with E-state index in [4.69, 9.17) is 20.3 Å². The summed E-state index contributed by atoms with van der Waals surface area (Å²) in [5.41, 5.74) is 5.70. The lowest BCUT2D eigenvalue weighted by atomic mass is 10.2. The molecule has 0 amide bonds. The molecule has 1 aromatic rings. The smallest absolute Gasteiger partial charge is 0.358 e. The van der Waals surface area contributed by atoms with Gasteiger partial charge in [-0.1, -0.05) is 5.21 Å². The van der Waals surface area contributed by atoms with Gasteiger partial charge in [-0.05, 0) is 6.54 Å². The number of rotatable bonds is 10. The largest absolute Gasteiger partial charge is 0.476 e. The molecule has 1 unspecified atom stereocenters. The molecule has 9 nitrogen and oxygen atoms in total. The minimum Gasteiger partial charge on any atom is -0.476 e. The van der Waals surface area contributed by atoms with Crippen molar-refractivity contribution in [3.63, 3.8) is 0 Å². The molecule has 0 aromatic carbocycles. The monoisotopic (exact) mass is 288 g/mol. The molecule has 1 rings (SSSR count). The second-order valence-electron chi connectivity index (χ2n) is 4.13. The van der Waals surface area contributed by atoms with Gasteiger partial charge in [0.05, 0.1) is 38.2 Å². The predicted molar refractivity (Wildman–Crippen MR) is 68.4 cm³/mol. The van der Waals surface area contributed by atoms with Crippen LogP contribution in [0.5, 0.6) is 0 Å².